The molecule has 0 unspecified atom stereocenters. The van der Waals surface area contributed by atoms with Crippen LogP contribution in [-0.2, 0) is 33.6 Å². The van der Waals surface area contributed by atoms with Gasteiger partial charge in [0.2, 0.25) is 0 Å². The minimum absolute atomic E-state index is 0. The van der Waals surface area contributed by atoms with Crippen LogP contribution < -0.4 is 11.5 Å². The molecule has 0 atom stereocenters. The third-order valence-electron chi connectivity index (χ3n) is 0.792. The summed E-state index contributed by atoms with van der Waals surface area (Å²) < 4.78 is 0. The number of nitrogens with zero attached hydrogens (tertiary/aromatic N) is 3. The first kappa shape index (κ1) is 23.0. The number of nitrogens with two attached hydrogens (primary N) is 2. The molecule has 0 fully saturated rings. The van der Waals surface area contributed by atoms with Crippen LogP contribution in [0, 0.1) is 23.7 Å². The molecule has 0 aliphatic heterocycles. The van der Waals surface area contributed by atoms with Gasteiger partial charge in [-0.1, -0.05) is 6.07 Å². The minimum atomic E-state index is 0. The van der Waals surface area contributed by atoms with Crippen molar-refractivity contribution in [3.8, 4) is 0 Å². The molecule has 0 aliphatic rings. The standard InChI is InChI=1S/C5H7N3.2CN.Fe.Ni/c6-4-2-1-3-5(7)8-4;2*1-2;;/h1-3H,(H4,6,7,8);;;;/q;2*-1;;+2. The predicted octanol–water partition coefficient (Wildman–Crippen LogP) is 0.434. The smallest absolute Gasteiger partial charge is 0.512 e. The number of aromatic nitrogens is 1. The molecule has 0 saturated heterocycles. The Morgan fingerprint density at radius 3 is 1.43 bits per heavy atom. The molecule has 14 heavy (non-hydrogen) atoms. The van der Waals surface area contributed by atoms with Crippen LogP contribution in [0.4, 0.5) is 11.6 Å². The van der Waals surface area contributed by atoms with E-state index < -0.39 is 0 Å². The van der Waals surface area contributed by atoms with Crippen LogP contribution in [0.5, 0.6) is 0 Å². The van der Waals surface area contributed by atoms with Crippen molar-refractivity contribution in [1.82, 2.24) is 4.98 Å². The van der Waals surface area contributed by atoms with Gasteiger partial charge in [-0.3, -0.25) is 0 Å². The van der Waals surface area contributed by atoms with Crippen LogP contribution in [0.1, 0.15) is 0 Å². The number of rotatable bonds is 0. The Balaban J connectivity index is -0.0000000750. The van der Waals surface area contributed by atoms with Gasteiger partial charge in [-0.15, -0.1) is 0 Å². The van der Waals surface area contributed by atoms with E-state index in [1.807, 2.05) is 0 Å². The summed E-state index contributed by atoms with van der Waals surface area (Å²) in [6, 6.07) is 5.14. The van der Waals surface area contributed by atoms with Crippen molar-refractivity contribution < 1.29 is 33.6 Å². The maximum Gasteiger partial charge on any atom is 2.00 e. The van der Waals surface area contributed by atoms with Crippen LogP contribution in [0.3, 0.4) is 0 Å². The third kappa shape index (κ3) is 13.3. The monoisotopic (exact) mass is 275 g/mol. The number of pyridine rings is 1. The van der Waals surface area contributed by atoms with E-state index in [4.69, 9.17) is 35.1 Å². The number of hydrogen-bond donors (Lipinski definition) is 2. The second-order valence-electron chi connectivity index (χ2n) is 1.49. The van der Waals surface area contributed by atoms with Crippen molar-refractivity contribution in [2.75, 3.05) is 11.5 Å². The van der Waals surface area contributed by atoms with Crippen LogP contribution in [0.2, 0.25) is 0 Å². The second-order valence-corrected chi connectivity index (χ2v) is 1.49. The van der Waals surface area contributed by atoms with Gasteiger partial charge in [0.15, 0.2) is 0 Å². The Kier molecular flexibility index (Phi) is 29.1. The molecule has 1 aromatic heterocycles. The largest absolute Gasteiger partial charge is 2.00 e. The molecule has 78 valence electrons. The average molecular weight is 276 g/mol. The van der Waals surface area contributed by atoms with E-state index in [1.54, 1.807) is 18.2 Å². The Morgan fingerprint density at radius 1 is 1.00 bits per heavy atom. The van der Waals surface area contributed by atoms with Gasteiger partial charge in [0.25, 0.3) is 0 Å². The minimum Gasteiger partial charge on any atom is -0.512 e. The maximum absolute atomic E-state index is 6.25. The van der Waals surface area contributed by atoms with Gasteiger partial charge in [-0.25, -0.2) is 4.98 Å². The van der Waals surface area contributed by atoms with E-state index in [0.29, 0.717) is 11.6 Å². The molecule has 0 aromatic carbocycles. The van der Waals surface area contributed by atoms with Gasteiger partial charge in [-0.05, 0) is 12.1 Å². The van der Waals surface area contributed by atoms with Crippen LogP contribution in [-0.4, -0.2) is 4.98 Å². The summed E-state index contributed by atoms with van der Waals surface area (Å²) in [6.45, 7) is 9.50. The van der Waals surface area contributed by atoms with Gasteiger partial charge in [0, 0.05) is 17.1 Å². The van der Waals surface area contributed by atoms with E-state index in [-0.39, 0.29) is 33.6 Å². The Morgan fingerprint density at radius 2 is 1.29 bits per heavy atom. The van der Waals surface area contributed by atoms with E-state index in [9.17, 15) is 0 Å². The van der Waals surface area contributed by atoms with Gasteiger partial charge in [-0.2, -0.15) is 0 Å². The fourth-order valence-corrected chi connectivity index (χ4v) is 0.469. The number of hydrogen-bond acceptors (Lipinski definition) is 5. The summed E-state index contributed by atoms with van der Waals surface area (Å²) in [5.41, 5.74) is 10.5. The molecular weight excluding hydrogens is 269 g/mol. The first-order chi connectivity index (χ1) is 5.79. The molecule has 0 spiro atoms. The summed E-state index contributed by atoms with van der Waals surface area (Å²) in [7, 11) is 0. The molecule has 1 heterocycles. The zero-order chi connectivity index (χ0) is 9.98. The molecule has 0 radical (unpaired) electrons. The summed E-state index contributed by atoms with van der Waals surface area (Å²) >= 11 is 0. The summed E-state index contributed by atoms with van der Waals surface area (Å²) in [6.07, 6.45) is 0. The average Bonchev–Trinajstić information content (AvgIpc) is 2.11. The zero-order valence-corrected chi connectivity index (χ0v) is 8.99. The van der Waals surface area contributed by atoms with Gasteiger partial charge < -0.3 is 35.1 Å². The second kappa shape index (κ2) is 17.7. The number of anilines is 2. The normalized spacial score (nSPS) is 5.43. The van der Waals surface area contributed by atoms with Gasteiger partial charge >= 0.3 is 16.5 Å². The molecule has 0 saturated carbocycles. The zero-order valence-electron chi connectivity index (χ0n) is 6.90. The van der Waals surface area contributed by atoms with E-state index in [2.05, 4.69) is 4.98 Å². The Bertz CT molecular complexity index is 239. The summed E-state index contributed by atoms with van der Waals surface area (Å²) in [4.78, 5) is 3.73. The Hall–Kier alpha value is -1.26. The molecular formula is C7H7FeN5Ni. The third-order valence-corrected chi connectivity index (χ3v) is 0.792. The van der Waals surface area contributed by atoms with Crippen molar-refractivity contribution in [1.29, 1.82) is 10.5 Å². The summed E-state index contributed by atoms with van der Waals surface area (Å²) in [5.74, 6) is 0.926. The van der Waals surface area contributed by atoms with Gasteiger partial charge in [0.05, 0.1) is 0 Å². The summed E-state index contributed by atoms with van der Waals surface area (Å²) in [5, 5.41) is 12.5. The van der Waals surface area contributed by atoms with Crippen LogP contribution in [0.15, 0.2) is 18.2 Å². The predicted molar refractivity (Wildman–Crippen MR) is 43.0 cm³/mol. The molecule has 0 bridgehead atoms. The van der Waals surface area contributed by atoms with Crippen molar-refractivity contribution in [2.24, 2.45) is 0 Å². The SMILES string of the molecule is Nc1cccc(N)n1.[C-]#N.[C-]#N.[Fe].[Ni+2]. The first-order valence-electron chi connectivity index (χ1n) is 2.72. The van der Waals surface area contributed by atoms with Crippen molar-refractivity contribution in [2.45, 2.75) is 0 Å². The molecule has 1 aromatic rings. The van der Waals surface area contributed by atoms with E-state index in [1.165, 1.54) is 0 Å². The van der Waals surface area contributed by atoms with E-state index in [0.717, 1.165) is 0 Å². The number of nitrogen functional groups attached to an aromatic ring is 2. The molecule has 4 N–H and O–H groups in total. The fraction of sp³-hybridized carbons (Fsp3) is 0. The fourth-order valence-electron chi connectivity index (χ4n) is 0.469. The van der Waals surface area contributed by atoms with Crippen LogP contribution in [0.25, 0.3) is 0 Å². The van der Waals surface area contributed by atoms with Gasteiger partial charge in [0.1, 0.15) is 11.6 Å². The molecule has 0 amide bonds. The van der Waals surface area contributed by atoms with Crippen molar-refractivity contribution >= 4 is 11.6 Å². The van der Waals surface area contributed by atoms with Crippen molar-refractivity contribution in [3.05, 3.63) is 31.3 Å². The topological polar surface area (TPSA) is 113 Å². The maximum atomic E-state index is 6.25. The van der Waals surface area contributed by atoms with Crippen LogP contribution >= 0.6 is 0 Å². The molecule has 1 rings (SSSR count). The quantitative estimate of drug-likeness (QED) is 0.527. The van der Waals surface area contributed by atoms with Crippen molar-refractivity contribution in [3.63, 3.8) is 0 Å². The molecule has 0 aliphatic carbocycles. The first-order valence-corrected chi connectivity index (χ1v) is 2.72. The molecule has 7 heteroatoms. The molecule has 5 nitrogen and oxygen atoms in total. The van der Waals surface area contributed by atoms with E-state index >= 15 is 0 Å². The Labute approximate surface area is 103 Å².